The van der Waals surface area contributed by atoms with E-state index in [1.807, 2.05) is 11.8 Å². The summed E-state index contributed by atoms with van der Waals surface area (Å²) in [7, 11) is 0. The molecule has 0 unspecified atom stereocenters. The van der Waals surface area contributed by atoms with Crippen LogP contribution in [0.2, 0.25) is 5.15 Å². The lowest BCUT2D eigenvalue weighted by Crippen LogP contribution is -2.59. The maximum Gasteiger partial charge on any atom is 0.227 e. The van der Waals surface area contributed by atoms with Crippen molar-refractivity contribution in [3.63, 3.8) is 0 Å². The van der Waals surface area contributed by atoms with Gasteiger partial charge in [-0.3, -0.25) is 0 Å². The summed E-state index contributed by atoms with van der Waals surface area (Å²) in [5.74, 6) is 0.670. The number of aliphatic hydroxyl groups is 1. The molecule has 1 aliphatic carbocycles. The lowest BCUT2D eigenvalue weighted by molar-refractivity contribution is 0.0979. The molecule has 1 aromatic rings. The van der Waals surface area contributed by atoms with Crippen molar-refractivity contribution in [2.75, 3.05) is 11.4 Å². The summed E-state index contributed by atoms with van der Waals surface area (Å²) >= 11 is 6.14. The van der Waals surface area contributed by atoms with E-state index >= 15 is 0 Å². The minimum atomic E-state index is -0.268. The van der Waals surface area contributed by atoms with Crippen molar-refractivity contribution in [1.82, 2.24) is 9.97 Å². The molecule has 0 spiro atoms. The van der Waals surface area contributed by atoms with Gasteiger partial charge in [0.25, 0.3) is 0 Å². The van der Waals surface area contributed by atoms with Crippen molar-refractivity contribution in [1.29, 1.82) is 0 Å². The van der Waals surface area contributed by atoms with Crippen molar-refractivity contribution >= 4 is 17.5 Å². The first kappa shape index (κ1) is 10.3. The van der Waals surface area contributed by atoms with Crippen LogP contribution < -0.4 is 4.90 Å². The number of aromatic nitrogens is 2. The van der Waals surface area contributed by atoms with E-state index in [4.69, 9.17) is 11.6 Å². The normalized spacial score (nSPS) is 27.8. The number of fused-ring (bicyclic) bond motifs is 1. The fourth-order valence-electron chi connectivity index (χ4n) is 2.36. The maximum atomic E-state index is 9.48. The number of halogens is 1. The van der Waals surface area contributed by atoms with Crippen molar-refractivity contribution in [3.05, 3.63) is 16.4 Å². The number of hydrogen-bond acceptors (Lipinski definition) is 4. The lowest BCUT2D eigenvalue weighted by atomic mass is 10.0. The van der Waals surface area contributed by atoms with Gasteiger partial charge in [0.2, 0.25) is 5.95 Å². The Morgan fingerprint density at radius 3 is 2.88 bits per heavy atom. The minimum Gasteiger partial charge on any atom is -0.389 e. The fourth-order valence-corrected chi connectivity index (χ4v) is 2.64. The molecule has 1 aromatic heterocycles. The van der Waals surface area contributed by atoms with Gasteiger partial charge in [-0.15, -0.1) is 0 Å². The average molecular weight is 240 g/mol. The fraction of sp³-hybridized carbons (Fsp3) is 0.636. The zero-order chi connectivity index (χ0) is 11.3. The molecule has 2 aliphatic rings. The van der Waals surface area contributed by atoms with Gasteiger partial charge in [-0.05, 0) is 26.2 Å². The molecule has 0 radical (unpaired) electrons. The van der Waals surface area contributed by atoms with E-state index in [2.05, 4.69) is 9.97 Å². The third kappa shape index (κ3) is 1.40. The molecule has 4 nitrogen and oxygen atoms in total. The predicted octanol–water partition coefficient (Wildman–Crippen LogP) is 1.19. The highest BCUT2D eigenvalue weighted by atomic mass is 35.5. The standard InChI is InChI=1S/C11H14ClN3O/c1-6-9(16)5-15(6)11-13-8-4-2-3-7(8)10(12)14-11/h6,9,16H,2-5H2,1H3/t6-,9+/m0/s1. The minimum absolute atomic E-state index is 0.0931. The van der Waals surface area contributed by atoms with Gasteiger partial charge in [0.15, 0.2) is 0 Å². The Morgan fingerprint density at radius 2 is 2.19 bits per heavy atom. The van der Waals surface area contributed by atoms with Crippen LogP contribution in [0, 0.1) is 0 Å². The van der Waals surface area contributed by atoms with Crippen LogP contribution in [0.25, 0.3) is 0 Å². The van der Waals surface area contributed by atoms with Crippen LogP contribution in [-0.2, 0) is 12.8 Å². The monoisotopic (exact) mass is 239 g/mol. The van der Waals surface area contributed by atoms with Crippen molar-refractivity contribution in [3.8, 4) is 0 Å². The Kier molecular flexibility index (Phi) is 2.30. The van der Waals surface area contributed by atoms with Gasteiger partial charge in [0.1, 0.15) is 5.15 Å². The lowest BCUT2D eigenvalue weighted by Gasteiger charge is -2.43. The highest BCUT2D eigenvalue weighted by Gasteiger charge is 2.36. The second-order valence-electron chi connectivity index (χ2n) is 4.55. The second-order valence-corrected chi connectivity index (χ2v) is 4.91. The molecule has 0 saturated carbocycles. The molecule has 0 bridgehead atoms. The summed E-state index contributed by atoms with van der Waals surface area (Å²) in [5.41, 5.74) is 2.20. The first-order valence-electron chi connectivity index (χ1n) is 5.67. The maximum absolute atomic E-state index is 9.48. The van der Waals surface area contributed by atoms with Gasteiger partial charge in [-0.1, -0.05) is 11.6 Å². The summed E-state index contributed by atoms with van der Waals surface area (Å²) in [6.07, 6.45) is 2.84. The van der Waals surface area contributed by atoms with Crippen molar-refractivity contribution in [2.24, 2.45) is 0 Å². The van der Waals surface area contributed by atoms with Gasteiger partial charge in [-0.2, -0.15) is 0 Å². The Morgan fingerprint density at radius 1 is 1.38 bits per heavy atom. The van der Waals surface area contributed by atoms with Gasteiger partial charge < -0.3 is 10.0 Å². The summed E-state index contributed by atoms with van der Waals surface area (Å²) in [5, 5.41) is 10.1. The molecule has 0 amide bonds. The zero-order valence-electron chi connectivity index (χ0n) is 9.15. The Hall–Kier alpha value is -0.870. The molecule has 1 saturated heterocycles. The highest BCUT2D eigenvalue weighted by Crippen LogP contribution is 2.31. The molecule has 2 atom stereocenters. The van der Waals surface area contributed by atoms with Gasteiger partial charge >= 0.3 is 0 Å². The van der Waals surface area contributed by atoms with Crippen molar-refractivity contribution in [2.45, 2.75) is 38.3 Å². The quantitative estimate of drug-likeness (QED) is 0.748. The molecule has 1 aliphatic heterocycles. The molecule has 1 fully saturated rings. The molecule has 16 heavy (non-hydrogen) atoms. The Labute approximate surface area is 99.3 Å². The summed E-state index contributed by atoms with van der Waals surface area (Å²) in [6.45, 7) is 2.58. The number of β-amino-alcohol motifs (C(OH)–C–C–N with tert-alkyl or cyclic N) is 1. The number of hydrogen-bond donors (Lipinski definition) is 1. The van der Waals surface area contributed by atoms with Crippen LogP contribution >= 0.6 is 11.6 Å². The van der Waals surface area contributed by atoms with Crippen LogP contribution in [0.5, 0.6) is 0 Å². The molecule has 5 heteroatoms. The van der Waals surface area contributed by atoms with E-state index < -0.39 is 0 Å². The van der Waals surface area contributed by atoms with E-state index in [0.29, 0.717) is 17.6 Å². The van der Waals surface area contributed by atoms with Crippen LogP contribution in [-0.4, -0.2) is 33.8 Å². The molecule has 1 N–H and O–H groups in total. The van der Waals surface area contributed by atoms with E-state index in [1.54, 1.807) is 0 Å². The second kappa shape index (κ2) is 3.57. The predicted molar refractivity (Wildman–Crippen MR) is 61.9 cm³/mol. The number of nitrogens with zero attached hydrogens (tertiary/aromatic N) is 3. The third-order valence-electron chi connectivity index (χ3n) is 3.56. The first-order chi connectivity index (χ1) is 7.66. The molecule has 2 heterocycles. The van der Waals surface area contributed by atoms with E-state index in [1.165, 1.54) is 0 Å². The smallest absolute Gasteiger partial charge is 0.227 e. The van der Waals surface area contributed by atoms with E-state index in [9.17, 15) is 5.11 Å². The van der Waals surface area contributed by atoms with Crippen LogP contribution in [0.3, 0.4) is 0 Å². The molecule has 86 valence electrons. The van der Waals surface area contributed by atoms with Crippen LogP contribution in [0.4, 0.5) is 5.95 Å². The number of rotatable bonds is 1. The van der Waals surface area contributed by atoms with Gasteiger partial charge in [0.05, 0.1) is 17.8 Å². The highest BCUT2D eigenvalue weighted by molar-refractivity contribution is 6.30. The molecular formula is C11H14ClN3O. The van der Waals surface area contributed by atoms with E-state index in [0.717, 1.165) is 30.5 Å². The van der Waals surface area contributed by atoms with Crippen LogP contribution in [0.1, 0.15) is 24.6 Å². The molecule has 3 rings (SSSR count). The largest absolute Gasteiger partial charge is 0.389 e. The van der Waals surface area contributed by atoms with Gasteiger partial charge in [0, 0.05) is 12.1 Å². The van der Waals surface area contributed by atoms with E-state index in [-0.39, 0.29) is 12.1 Å². The molecule has 0 aromatic carbocycles. The summed E-state index contributed by atoms with van der Waals surface area (Å²) < 4.78 is 0. The average Bonchev–Trinajstić information content (AvgIpc) is 2.73. The number of anilines is 1. The van der Waals surface area contributed by atoms with Gasteiger partial charge in [-0.25, -0.2) is 9.97 Å². The number of aryl methyl sites for hydroxylation is 1. The SMILES string of the molecule is C[C@H]1[C@H](O)CN1c1nc(Cl)c2c(n1)CCC2. The van der Waals surface area contributed by atoms with Crippen molar-refractivity contribution < 1.29 is 5.11 Å². The Balaban J connectivity index is 1.95. The van der Waals surface area contributed by atoms with Crippen LogP contribution in [0.15, 0.2) is 0 Å². The molecular weight excluding hydrogens is 226 g/mol. The number of aliphatic hydroxyl groups excluding tert-OH is 1. The summed E-state index contributed by atoms with van der Waals surface area (Å²) in [6, 6.07) is 0.0931. The Bertz CT molecular complexity index is 437. The third-order valence-corrected chi connectivity index (χ3v) is 3.87. The zero-order valence-corrected chi connectivity index (χ0v) is 9.91. The first-order valence-corrected chi connectivity index (χ1v) is 6.04. The summed E-state index contributed by atoms with van der Waals surface area (Å²) in [4.78, 5) is 10.9. The topological polar surface area (TPSA) is 49.2 Å².